The Kier molecular flexibility index (Phi) is 5.55. The Hall–Kier alpha value is -1.97. The van der Waals surface area contributed by atoms with Crippen LogP contribution in [0.3, 0.4) is 0 Å². The number of anilines is 1. The number of halogens is 2. The quantitative estimate of drug-likeness (QED) is 0.709. The average Bonchev–Trinajstić information content (AvgIpc) is 2.89. The van der Waals surface area contributed by atoms with E-state index >= 15 is 0 Å². The molecule has 0 aliphatic carbocycles. The van der Waals surface area contributed by atoms with Crippen molar-refractivity contribution in [2.75, 3.05) is 4.90 Å². The lowest BCUT2D eigenvalue weighted by atomic mass is 10.2. The number of imide groups is 1. The first-order chi connectivity index (χ1) is 12.7. The summed E-state index contributed by atoms with van der Waals surface area (Å²) in [4.78, 5) is 25.9. The predicted molar refractivity (Wildman–Crippen MR) is 102 cm³/mol. The van der Waals surface area contributed by atoms with Gasteiger partial charge in [0.05, 0.1) is 33.1 Å². The molecule has 0 saturated carbocycles. The van der Waals surface area contributed by atoms with E-state index in [1.165, 1.54) is 24.3 Å². The predicted octanol–water partition coefficient (Wildman–Crippen LogP) is 2.06. The van der Waals surface area contributed by atoms with Crippen LogP contribution in [0.2, 0.25) is 10.0 Å². The van der Waals surface area contributed by atoms with Crippen molar-refractivity contribution in [3.05, 3.63) is 58.1 Å². The maximum atomic E-state index is 12.6. The summed E-state index contributed by atoms with van der Waals surface area (Å²) >= 11 is 11.8. The normalized spacial score (nSPS) is 17.6. The smallest absolute Gasteiger partial charge is 0.251 e. The van der Waals surface area contributed by atoms with Crippen LogP contribution in [0.4, 0.5) is 5.69 Å². The van der Waals surface area contributed by atoms with Crippen molar-refractivity contribution in [2.45, 2.75) is 23.9 Å². The SMILES string of the molecule is NS(=O)(=O)c1ccc(CNC2CC(=O)N(c3ccc(Cl)c(Cl)c3)C2=O)cc1. The number of benzene rings is 2. The van der Waals surface area contributed by atoms with Gasteiger partial charge in [0.2, 0.25) is 15.9 Å². The first-order valence-corrected chi connectivity index (χ1v) is 10.1. The van der Waals surface area contributed by atoms with E-state index in [1.54, 1.807) is 18.2 Å². The molecule has 1 atom stereocenters. The molecule has 0 radical (unpaired) electrons. The van der Waals surface area contributed by atoms with Gasteiger partial charge in [-0.2, -0.15) is 0 Å². The zero-order valence-corrected chi connectivity index (χ0v) is 16.2. The Balaban J connectivity index is 1.69. The molecule has 2 amide bonds. The molecule has 1 saturated heterocycles. The molecule has 1 fully saturated rings. The molecule has 1 aliphatic heterocycles. The number of carbonyl (C=O) groups is 2. The van der Waals surface area contributed by atoms with Crippen molar-refractivity contribution in [1.29, 1.82) is 0 Å². The molecule has 27 heavy (non-hydrogen) atoms. The van der Waals surface area contributed by atoms with Gasteiger partial charge in [-0.3, -0.25) is 9.59 Å². The van der Waals surface area contributed by atoms with Crippen LogP contribution in [0.15, 0.2) is 47.4 Å². The van der Waals surface area contributed by atoms with Crippen LogP contribution in [-0.4, -0.2) is 26.3 Å². The molecule has 142 valence electrons. The second-order valence-corrected chi connectivity index (χ2v) is 8.37. The lowest BCUT2D eigenvalue weighted by Gasteiger charge is -2.16. The highest BCUT2D eigenvalue weighted by Crippen LogP contribution is 2.30. The molecule has 1 aliphatic rings. The monoisotopic (exact) mass is 427 g/mol. The van der Waals surface area contributed by atoms with E-state index in [4.69, 9.17) is 28.3 Å². The highest BCUT2D eigenvalue weighted by Gasteiger charge is 2.39. The van der Waals surface area contributed by atoms with Crippen LogP contribution in [0.25, 0.3) is 0 Å². The number of hydrogen-bond acceptors (Lipinski definition) is 5. The molecule has 3 N–H and O–H groups in total. The molecular formula is C17H15Cl2N3O4S. The first-order valence-electron chi connectivity index (χ1n) is 7.84. The molecule has 10 heteroatoms. The van der Waals surface area contributed by atoms with Crippen LogP contribution in [0.1, 0.15) is 12.0 Å². The maximum Gasteiger partial charge on any atom is 0.251 e. The number of nitrogens with one attached hydrogen (secondary N) is 1. The van der Waals surface area contributed by atoms with Crippen LogP contribution in [-0.2, 0) is 26.2 Å². The first kappa shape index (κ1) is 19.8. The summed E-state index contributed by atoms with van der Waals surface area (Å²) in [6, 6.07) is 9.80. The zero-order chi connectivity index (χ0) is 19.8. The van der Waals surface area contributed by atoms with Crippen molar-refractivity contribution in [1.82, 2.24) is 5.32 Å². The Morgan fingerprint density at radius 2 is 1.74 bits per heavy atom. The number of nitrogens with two attached hydrogens (primary N) is 1. The van der Waals surface area contributed by atoms with Crippen LogP contribution >= 0.6 is 23.2 Å². The molecule has 0 aromatic heterocycles. The fourth-order valence-corrected chi connectivity index (χ4v) is 3.53. The minimum Gasteiger partial charge on any atom is -0.301 e. The minimum absolute atomic E-state index is 0.00385. The second-order valence-electron chi connectivity index (χ2n) is 5.99. The van der Waals surface area contributed by atoms with E-state index in [-0.39, 0.29) is 34.7 Å². The van der Waals surface area contributed by atoms with Crippen LogP contribution in [0.5, 0.6) is 0 Å². The molecule has 3 rings (SSSR count). The van der Waals surface area contributed by atoms with Gasteiger partial charge in [0.1, 0.15) is 0 Å². The standard InChI is InChI=1S/C17H15Cl2N3O4S/c18-13-6-3-11(7-14(13)19)22-16(23)8-15(17(22)24)21-9-10-1-4-12(5-2-10)27(20,25)26/h1-7,15,21H,8-9H2,(H2,20,25,26). The molecule has 1 unspecified atom stereocenters. The zero-order valence-electron chi connectivity index (χ0n) is 13.9. The highest BCUT2D eigenvalue weighted by atomic mass is 35.5. The van der Waals surface area contributed by atoms with Gasteiger partial charge in [-0.05, 0) is 35.9 Å². The Morgan fingerprint density at radius 1 is 1.07 bits per heavy atom. The summed E-state index contributed by atoms with van der Waals surface area (Å²) in [6.07, 6.45) is 0.00828. The van der Waals surface area contributed by atoms with Crippen molar-refractivity contribution in [2.24, 2.45) is 5.14 Å². The van der Waals surface area contributed by atoms with E-state index in [1.807, 2.05) is 0 Å². The number of rotatable bonds is 5. The Morgan fingerprint density at radius 3 is 2.33 bits per heavy atom. The molecular weight excluding hydrogens is 413 g/mol. The second kappa shape index (κ2) is 7.57. The maximum absolute atomic E-state index is 12.6. The van der Waals surface area contributed by atoms with Crippen molar-refractivity contribution < 1.29 is 18.0 Å². The number of carbonyl (C=O) groups excluding carboxylic acids is 2. The van der Waals surface area contributed by atoms with Gasteiger partial charge < -0.3 is 5.32 Å². The molecule has 0 spiro atoms. The molecule has 2 aromatic rings. The summed E-state index contributed by atoms with van der Waals surface area (Å²) in [5.74, 6) is -0.736. The lowest BCUT2D eigenvalue weighted by Crippen LogP contribution is -2.38. The van der Waals surface area contributed by atoms with Crippen LogP contribution < -0.4 is 15.4 Å². The van der Waals surface area contributed by atoms with E-state index in [9.17, 15) is 18.0 Å². The Labute approximate surface area is 166 Å². The fourth-order valence-electron chi connectivity index (χ4n) is 2.72. The van der Waals surface area contributed by atoms with Crippen molar-refractivity contribution >= 4 is 50.7 Å². The van der Waals surface area contributed by atoms with E-state index in [2.05, 4.69) is 5.32 Å². The number of primary sulfonamides is 1. The fraction of sp³-hybridized carbons (Fsp3) is 0.176. The van der Waals surface area contributed by atoms with E-state index in [0.29, 0.717) is 10.7 Å². The van der Waals surface area contributed by atoms with E-state index in [0.717, 1.165) is 10.5 Å². The molecule has 7 nitrogen and oxygen atoms in total. The topological polar surface area (TPSA) is 110 Å². The summed E-state index contributed by atoms with van der Waals surface area (Å²) in [5, 5.41) is 8.65. The van der Waals surface area contributed by atoms with Gasteiger partial charge in [-0.1, -0.05) is 35.3 Å². The van der Waals surface area contributed by atoms with Gasteiger partial charge in [0.25, 0.3) is 5.91 Å². The van der Waals surface area contributed by atoms with Gasteiger partial charge in [0.15, 0.2) is 0 Å². The van der Waals surface area contributed by atoms with Gasteiger partial charge in [-0.25, -0.2) is 18.5 Å². The number of amides is 2. The van der Waals surface area contributed by atoms with E-state index < -0.39 is 16.1 Å². The van der Waals surface area contributed by atoms with Gasteiger partial charge >= 0.3 is 0 Å². The summed E-state index contributed by atoms with van der Waals surface area (Å²) in [7, 11) is -3.76. The number of hydrogen-bond donors (Lipinski definition) is 2. The molecule has 0 bridgehead atoms. The third-order valence-electron chi connectivity index (χ3n) is 4.11. The number of nitrogens with zero attached hydrogens (tertiary/aromatic N) is 1. The van der Waals surface area contributed by atoms with Crippen molar-refractivity contribution in [3.8, 4) is 0 Å². The summed E-state index contributed by atoms with van der Waals surface area (Å²) in [5.41, 5.74) is 1.11. The molecule has 1 heterocycles. The van der Waals surface area contributed by atoms with Gasteiger partial charge in [0, 0.05) is 6.54 Å². The van der Waals surface area contributed by atoms with Gasteiger partial charge in [-0.15, -0.1) is 0 Å². The third-order valence-corrected chi connectivity index (χ3v) is 5.78. The third kappa shape index (κ3) is 4.31. The Bertz CT molecular complexity index is 1010. The van der Waals surface area contributed by atoms with Crippen LogP contribution in [0, 0.1) is 0 Å². The molecule has 2 aromatic carbocycles. The average molecular weight is 428 g/mol. The number of sulfonamides is 1. The summed E-state index contributed by atoms with van der Waals surface area (Å²) < 4.78 is 22.5. The summed E-state index contributed by atoms with van der Waals surface area (Å²) in [6.45, 7) is 0.282. The minimum atomic E-state index is -3.76. The lowest BCUT2D eigenvalue weighted by molar-refractivity contribution is -0.121. The highest BCUT2D eigenvalue weighted by molar-refractivity contribution is 7.89. The van der Waals surface area contributed by atoms with Crippen molar-refractivity contribution in [3.63, 3.8) is 0 Å². The largest absolute Gasteiger partial charge is 0.301 e.